The predicted octanol–water partition coefficient (Wildman–Crippen LogP) is 5.11. The van der Waals surface area contributed by atoms with Crippen LogP contribution in [-0.2, 0) is 7.05 Å². The topological polar surface area (TPSA) is 56.5 Å². The average molecular weight is 396 g/mol. The van der Waals surface area contributed by atoms with Gasteiger partial charge in [0.15, 0.2) is 11.5 Å². The first-order valence-electron chi connectivity index (χ1n) is 8.96. The van der Waals surface area contributed by atoms with Crippen LogP contribution < -0.4 is 0 Å². The first-order chi connectivity index (χ1) is 13.1. The molecule has 0 saturated heterocycles. The zero-order chi connectivity index (χ0) is 19.0. The highest BCUT2D eigenvalue weighted by molar-refractivity contribution is 7.99. The quantitative estimate of drug-likeness (QED) is 0.438. The third kappa shape index (κ3) is 3.41. The number of thioether (sulfide) groups is 2. The Morgan fingerprint density at radius 2 is 1.78 bits per heavy atom. The van der Waals surface area contributed by atoms with Crippen molar-refractivity contribution in [2.45, 2.75) is 30.6 Å². The molecular weight excluding hydrogens is 374 g/mol. The van der Waals surface area contributed by atoms with Gasteiger partial charge in [-0.25, -0.2) is 15.0 Å². The lowest BCUT2D eigenvalue weighted by Crippen LogP contribution is -1.99. The molecule has 0 unspecified atom stereocenters. The normalized spacial score (nSPS) is 11.6. The van der Waals surface area contributed by atoms with Gasteiger partial charge in [-0.15, -0.1) is 23.5 Å². The van der Waals surface area contributed by atoms with Gasteiger partial charge in [-0.2, -0.15) is 0 Å². The summed E-state index contributed by atoms with van der Waals surface area (Å²) in [6.07, 6.45) is 3.78. The molecular formula is C20H21N5S2. The van der Waals surface area contributed by atoms with Crippen LogP contribution in [-0.4, -0.2) is 36.0 Å². The Morgan fingerprint density at radius 1 is 0.963 bits per heavy atom. The Labute approximate surface area is 167 Å². The zero-order valence-corrected chi connectivity index (χ0v) is 17.5. The fraction of sp³-hybridized carbons (Fsp3) is 0.300. The molecule has 0 aliphatic heterocycles. The van der Waals surface area contributed by atoms with Crippen LogP contribution in [0.3, 0.4) is 0 Å². The molecule has 0 spiro atoms. The van der Waals surface area contributed by atoms with Gasteiger partial charge < -0.3 is 4.57 Å². The molecule has 138 valence electrons. The van der Waals surface area contributed by atoms with Crippen molar-refractivity contribution < 1.29 is 0 Å². The van der Waals surface area contributed by atoms with E-state index in [0.717, 1.165) is 55.7 Å². The lowest BCUT2D eigenvalue weighted by Gasteiger charge is -2.10. The van der Waals surface area contributed by atoms with E-state index in [4.69, 9.17) is 9.97 Å². The van der Waals surface area contributed by atoms with Gasteiger partial charge in [0.2, 0.25) is 0 Å². The molecule has 5 nitrogen and oxygen atoms in total. The van der Waals surface area contributed by atoms with E-state index < -0.39 is 0 Å². The van der Waals surface area contributed by atoms with Gasteiger partial charge >= 0.3 is 0 Å². The number of hydrogen-bond acceptors (Lipinski definition) is 6. The smallest absolute Gasteiger partial charge is 0.160 e. The van der Waals surface area contributed by atoms with Crippen LogP contribution in [0.25, 0.3) is 33.6 Å². The van der Waals surface area contributed by atoms with E-state index >= 15 is 0 Å². The Kier molecular flexibility index (Phi) is 5.06. The molecule has 0 bridgehead atoms. The van der Waals surface area contributed by atoms with Crippen molar-refractivity contribution in [3.63, 3.8) is 0 Å². The maximum absolute atomic E-state index is 4.90. The Bertz CT molecular complexity index is 1140. The van der Waals surface area contributed by atoms with Crippen LogP contribution in [0, 0.1) is 6.92 Å². The second-order valence-corrected chi connectivity index (χ2v) is 8.87. The molecule has 4 aromatic rings. The SMILES string of the molecule is CCSc1cnc2nc(-c3nc4cc(C)ncc4n3C)c(SCC)cc2c1. The van der Waals surface area contributed by atoms with E-state index in [0.29, 0.717) is 0 Å². The summed E-state index contributed by atoms with van der Waals surface area (Å²) < 4.78 is 2.07. The van der Waals surface area contributed by atoms with Crippen molar-refractivity contribution >= 4 is 45.6 Å². The molecule has 0 fully saturated rings. The summed E-state index contributed by atoms with van der Waals surface area (Å²) in [5, 5.41) is 1.07. The standard InChI is InChI=1S/C20H21N5S2/c1-5-26-14-8-13-9-17(27-6-2)18(24-19(13)22-10-14)20-23-15-7-12(3)21-11-16(15)25(20)4/h7-11H,5-6H2,1-4H3. The summed E-state index contributed by atoms with van der Waals surface area (Å²) in [6, 6.07) is 6.38. The van der Waals surface area contributed by atoms with Crippen molar-refractivity contribution in [3.05, 3.63) is 36.3 Å². The maximum atomic E-state index is 4.90. The number of hydrogen-bond donors (Lipinski definition) is 0. The lowest BCUT2D eigenvalue weighted by atomic mass is 10.2. The van der Waals surface area contributed by atoms with Gasteiger partial charge in [0.25, 0.3) is 0 Å². The molecule has 0 radical (unpaired) electrons. The zero-order valence-electron chi connectivity index (χ0n) is 15.9. The Hall–Kier alpha value is -2.12. The van der Waals surface area contributed by atoms with E-state index in [-0.39, 0.29) is 0 Å². The summed E-state index contributed by atoms with van der Waals surface area (Å²) in [5.41, 5.74) is 4.55. The van der Waals surface area contributed by atoms with Gasteiger partial charge in [0.1, 0.15) is 5.69 Å². The Balaban J connectivity index is 1.93. The summed E-state index contributed by atoms with van der Waals surface area (Å²) in [4.78, 5) is 21.1. The predicted molar refractivity (Wildman–Crippen MR) is 115 cm³/mol. The summed E-state index contributed by atoms with van der Waals surface area (Å²) >= 11 is 3.58. The van der Waals surface area contributed by atoms with E-state index in [9.17, 15) is 0 Å². The molecule has 0 atom stereocenters. The van der Waals surface area contributed by atoms with Crippen molar-refractivity contribution in [1.29, 1.82) is 0 Å². The van der Waals surface area contributed by atoms with E-state index in [1.807, 2.05) is 32.4 Å². The monoisotopic (exact) mass is 395 g/mol. The minimum absolute atomic E-state index is 0.757. The Morgan fingerprint density at radius 3 is 2.56 bits per heavy atom. The molecule has 0 aliphatic carbocycles. The highest BCUT2D eigenvalue weighted by Gasteiger charge is 2.17. The minimum atomic E-state index is 0.757. The highest BCUT2D eigenvalue weighted by atomic mass is 32.2. The van der Waals surface area contributed by atoms with E-state index in [2.05, 4.69) is 40.5 Å². The fourth-order valence-electron chi connectivity index (χ4n) is 3.10. The fourth-order valence-corrected chi connectivity index (χ4v) is 4.56. The molecule has 0 aliphatic rings. The molecule has 4 rings (SSSR count). The van der Waals surface area contributed by atoms with Crippen LogP contribution in [0.4, 0.5) is 0 Å². The van der Waals surface area contributed by atoms with Crippen LogP contribution in [0.2, 0.25) is 0 Å². The van der Waals surface area contributed by atoms with Gasteiger partial charge in [-0.1, -0.05) is 13.8 Å². The molecule has 0 N–H and O–H groups in total. The third-order valence-electron chi connectivity index (χ3n) is 4.33. The molecule has 0 amide bonds. The molecule has 4 aromatic heterocycles. The van der Waals surface area contributed by atoms with E-state index in [1.54, 1.807) is 23.5 Å². The molecule has 0 aromatic carbocycles. The molecule has 0 saturated carbocycles. The van der Waals surface area contributed by atoms with Gasteiger partial charge in [-0.3, -0.25) is 4.98 Å². The van der Waals surface area contributed by atoms with Crippen molar-refractivity contribution in [1.82, 2.24) is 24.5 Å². The van der Waals surface area contributed by atoms with Crippen LogP contribution in [0.5, 0.6) is 0 Å². The highest BCUT2D eigenvalue weighted by Crippen LogP contribution is 2.34. The first-order valence-corrected chi connectivity index (χ1v) is 10.9. The summed E-state index contributed by atoms with van der Waals surface area (Å²) in [7, 11) is 2.02. The molecule has 4 heterocycles. The van der Waals surface area contributed by atoms with Gasteiger partial charge in [0, 0.05) is 34.1 Å². The number of imidazole rings is 1. The molecule has 7 heteroatoms. The first kappa shape index (κ1) is 18.3. The number of rotatable bonds is 5. The average Bonchev–Trinajstić information content (AvgIpc) is 2.97. The van der Waals surface area contributed by atoms with Crippen molar-refractivity contribution in [2.75, 3.05) is 11.5 Å². The summed E-state index contributed by atoms with van der Waals surface area (Å²) in [6.45, 7) is 6.29. The number of aryl methyl sites for hydroxylation is 2. The number of aromatic nitrogens is 5. The number of nitrogens with zero attached hydrogens (tertiary/aromatic N) is 5. The van der Waals surface area contributed by atoms with Crippen LogP contribution >= 0.6 is 23.5 Å². The minimum Gasteiger partial charge on any atom is -0.325 e. The third-order valence-corrected chi connectivity index (χ3v) is 6.09. The number of pyridine rings is 3. The maximum Gasteiger partial charge on any atom is 0.160 e. The van der Waals surface area contributed by atoms with Crippen molar-refractivity contribution in [3.8, 4) is 11.5 Å². The van der Waals surface area contributed by atoms with Crippen LogP contribution in [0.15, 0.2) is 40.4 Å². The summed E-state index contributed by atoms with van der Waals surface area (Å²) in [5.74, 6) is 2.86. The van der Waals surface area contributed by atoms with Crippen molar-refractivity contribution in [2.24, 2.45) is 7.05 Å². The van der Waals surface area contributed by atoms with Gasteiger partial charge in [-0.05, 0) is 36.6 Å². The van der Waals surface area contributed by atoms with Crippen LogP contribution in [0.1, 0.15) is 19.5 Å². The number of fused-ring (bicyclic) bond motifs is 2. The van der Waals surface area contributed by atoms with Gasteiger partial charge in [0.05, 0.1) is 17.2 Å². The second-order valence-electron chi connectivity index (χ2n) is 6.23. The molecule has 27 heavy (non-hydrogen) atoms. The largest absolute Gasteiger partial charge is 0.325 e. The second kappa shape index (κ2) is 7.48. The van der Waals surface area contributed by atoms with E-state index in [1.165, 1.54) is 4.90 Å². The lowest BCUT2D eigenvalue weighted by molar-refractivity contribution is 0.941.